The zero-order chi connectivity index (χ0) is 11.8. The van der Waals surface area contributed by atoms with Crippen LogP contribution in [0.3, 0.4) is 0 Å². The third-order valence-corrected chi connectivity index (χ3v) is 4.06. The molecule has 0 radical (unpaired) electrons. The second-order valence-corrected chi connectivity index (χ2v) is 5.13. The average molecular weight is 288 g/mol. The van der Waals surface area contributed by atoms with Crippen LogP contribution in [-0.4, -0.2) is 7.11 Å². The van der Waals surface area contributed by atoms with Gasteiger partial charge in [0.2, 0.25) is 0 Å². The van der Waals surface area contributed by atoms with Gasteiger partial charge in [0.15, 0.2) is 0 Å². The monoisotopic (exact) mass is 287 g/mol. The van der Waals surface area contributed by atoms with E-state index in [-0.39, 0.29) is 11.4 Å². The molecule has 1 fully saturated rings. The van der Waals surface area contributed by atoms with E-state index in [1.54, 1.807) is 0 Å². The number of nitrogens with two attached hydrogens (primary N) is 1. The first-order chi connectivity index (χ1) is 7.57. The highest BCUT2D eigenvalue weighted by Gasteiger charge is 2.32. The van der Waals surface area contributed by atoms with E-state index in [1.807, 2.05) is 6.07 Å². The molecule has 1 aliphatic carbocycles. The van der Waals surface area contributed by atoms with Gasteiger partial charge in [0, 0.05) is 5.54 Å². The predicted octanol–water partition coefficient (Wildman–Crippen LogP) is 3.32. The van der Waals surface area contributed by atoms with Crippen molar-refractivity contribution in [2.75, 3.05) is 7.11 Å². The van der Waals surface area contributed by atoms with Crippen LogP contribution in [0.25, 0.3) is 0 Å². The van der Waals surface area contributed by atoms with Gasteiger partial charge in [0.25, 0.3) is 0 Å². The summed E-state index contributed by atoms with van der Waals surface area (Å²) in [7, 11) is 1.53. The molecule has 1 aromatic carbocycles. The fourth-order valence-electron chi connectivity index (χ4n) is 2.29. The third kappa shape index (κ3) is 1.96. The minimum atomic E-state index is -0.380. The minimum absolute atomic E-state index is 0.314. The highest BCUT2D eigenvalue weighted by molar-refractivity contribution is 9.10. The molecule has 0 aliphatic heterocycles. The number of hydrogen-bond acceptors (Lipinski definition) is 2. The van der Waals surface area contributed by atoms with Crippen LogP contribution < -0.4 is 10.5 Å². The molecule has 0 unspecified atom stereocenters. The van der Waals surface area contributed by atoms with Crippen molar-refractivity contribution in [2.45, 2.75) is 31.2 Å². The standard InChI is InChI=1S/C12H15BrFNO/c1-16-10-7-8(6-9(14)11(10)13)12(15)4-2-3-5-12/h6-7H,2-5,15H2,1H3. The number of halogens is 2. The Morgan fingerprint density at radius 3 is 2.56 bits per heavy atom. The van der Waals surface area contributed by atoms with Gasteiger partial charge in [-0.2, -0.15) is 0 Å². The minimum Gasteiger partial charge on any atom is -0.495 e. The van der Waals surface area contributed by atoms with Gasteiger partial charge in [-0.3, -0.25) is 0 Å². The summed E-state index contributed by atoms with van der Waals surface area (Å²) in [6.45, 7) is 0. The van der Waals surface area contributed by atoms with Crippen molar-refractivity contribution >= 4 is 15.9 Å². The van der Waals surface area contributed by atoms with Crippen LogP contribution in [0.2, 0.25) is 0 Å². The normalized spacial score (nSPS) is 18.8. The molecule has 0 atom stereocenters. The highest BCUT2D eigenvalue weighted by Crippen LogP contribution is 2.40. The zero-order valence-corrected chi connectivity index (χ0v) is 10.8. The Labute approximate surface area is 103 Å². The molecule has 2 nitrogen and oxygen atoms in total. The van der Waals surface area contributed by atoms with E-state index < -0.39 is 0 Å². The number of rotatable bonds is 2. The molecule has 1 aliphatic rings. The van der Waals surface area contributed by atoms with E-state index >= 15 is 0 Å². The summed E-state index contributed by atoms with van der Waals surface area (Å²) < 4.78 is 19.2. The van der Waals surface area contributed by atoms with Crippen molar-refractivity contribution < 1.29 is 9.13 Å². The average Bonchev–Trinajstić information content (AvgIpc) is 2.70. The van der Waals surface area contributed by atoms with E-state index in [4.69, 9.17) is 10.5 Å². The molecule has 1 aromatic rings. The molecule has 0 aromatic heterocycles. The second kappa shape index (κ2) is 4.34. The summed E-state index contributed by atoms with van der Waals surface area (Å²) in [5.74, 6) is 0.192. The third-order valence-electron chi connectivity index (χ3n) is 3.29. The zero-order valence-electron chi connectivity index (χ0n) is 9.22. The van der Waals surface area contributed by atoms with Crippen molar-refractivity contribution in [1.29, 1.82) is 0 Å². The first-order valence-electron chi connectivity index (χ1n) is 5.39. The fraction of sp³-hybridized carbons (Fsp3) is 0.500. The van der Waals surface area contributed by atoms with Gasteiger partial charge >= 0.3 is 0 Å². The molecule has 2 rings (SSSR count). The van der Waals surface area contributed by atoms with Crippen LogP contribution in [0.1, 0.15) is 31.2 Å². The maximum absolute atomic E-state index is 13.7. The molecule has 0 bridgehead atoms. The number of ether oxygens (including phenoxy) is 1. The summed E-state index contributed by atoms with van der Waals surface area (Å²) in [5, 5.41) is 0. The Kier molecular flexibility index (Phi) is 3.22. The molecule has 1 saturated carbocycles. The summed E-state index contributed by atoms with van der Waals surface area (Å²) in [6, 6.07) is 3.34. The van der Waals surface area contributed by atoms with Gasteiger partial charge in [-0.25, -0.2) is 4.39 Å². The lowest BCUT2D eigenvalue weighted by Crippen LogP contribution is -2.33. The van der Waals surface area contributed by atoms with Crippen molar-refractivity contribution in [3.05, 3.63) is 28.0 Å². The lowest BCUT2D eigenvalue weighted by atomic mass is 9.89. The van der Waals surface area contributed by atoms with Crippen LogP contribution in [0.5, 0.6) is 5.75 Å². The number of hydrogen-bond donors (Lipinski definition) is 1. The molecule has 2 N–H and O–H groups in total. The number of benzene rings is 1. The topological polar surface area (TPSA) is 35.2 Å². The quantitative estimate of drug-likeness (QED) is 0.906. The molecule has 0 amide bonds. The molecule has 4 heteroatoms. The second-order valence-electron chi connectivity index (χ2n) is 4.34. The highest BCUT2D eigenvalue weighted by atomic mass is 79.9. The van der Waals surface area contributed by atoms with Crippen LogP contribution in [0.4, 0.5) is 4.39 Å². The Morgan fingerprint density at radius 1 is 1.38 bits per heavy atom. The Bertz CT molecular complexity index is 402. The lowest BCUT2D eigenvalue weighted by molar-refractivity contribution is 0.400. The molecule has 0 heterocycles. The van der Waals surface area contributed by atoms with Gasteiger partial charge in [0.05, 0.1) is 11.6 Å². The first-order valence-corrected chi connectivity index (χ1v) is 6.18. The van der Waals surface area contributed by atoms with Gasteiger partial charge in [-0.15, -0.1) is 0 Å². The van der Waals surface area contributed by atoms with Crippen molar-refractivity contribution in [3.8, 4) is 5.75 Å². The molecular formula is C12H15BrFNO. The van der Waals surface area contributed by atoms with Crippen LogP contribution >= 0.6 is 15.9 Å². The van der Waals surface area contributed by atoms with Gasteiger partial charge < -0.3 is 10.5 Å². The van der Waals surface area contributed by atoms with E-state index in [9.17, 15) is 4.39 Å². The summed E-state index contributed by atoms with van der Waals surface area (Å²) >= 11 is 3.16. The van der Waals surface area contributed by atoms with Gasteiger partial charge in [-0.1, -0.05) is 12.8 Å². The first kappa shape index (κ1) is 11.9. The molecule has 0 saturated heterocycles. The van der Waals surface area contributed by atoms with E-state index in [1.165, 1.54) is 13.2 Å². The van der Waals surface area contributed by atoms with Crippen molar-refractivity contribution in [2.24, 2.45) is 5.73 Å². The lowest BCUT2D eigenvalue weighted by Gasteiger charge is -2.25. The molecular weight excluding hydrogens is 273 g/mol. The maximum atomic E-state index is 13.7. The Morgan fingerprint density at radius 2 is 2.00 bits per heavy atom. The predicted molar refractivity (Wildman–Crippen MR) is 65.0 cm³/mol. The van der Waals surface area contributed by atoms with Gasteiger partial charge in [0.1, 0.15) is 11.6 Å². The summed E-state index contributed by atoms with van der Waals surface area (Å²) in [5.41, 5.74) is 6.74. The van der Waals surface area contributed by atoms with E-state index in [0.29, 0.717) is 10.2 Å². The van der Waals surface area contributed by atoms with Crippen LogP contribution in [0, 0.1) is 5.82 Å². The van der Waals surface area contributed by atoms with Crippen LogP contribution in [-0.2, 0) is 5.54 Å². The SMILES string of the molecule is COc1cc(C2(N)CCCC2)cc(F)c1Br. The smallest absolute Gasteiger partial charge is 0.141 e. The fourth-order valence-corrected chi connectivity index (χ4v) is 2.69. The van der Waals surface area contributed by atoms with Crippen LogP contribution in [0.15, 0.2) is 16.6 Å². The van der Waals surface area contributed by atoms with Crippen molar-refractivity contribution in [1.82, 2.24) is 0 Å². The summed E-state index contributed by atoms with van der Waals surface area (Å²) in [6.07, 6.45) is 4.04. The van der Waals surface area contributed by atoms with Gasteiger partial charge in [-0.05, 0) is 46.5 Å². The molecule has 0 spiro atoms. The summed E-state index contributed by atoms with van der Waals surface area (Å²) in [4.78, 5) is 0. The largest absolute Gasteiger partial charge is 0.495 e. The van der Waals surface area contributed by atoms with E-state index in [2.05, 4.69) is 15.9 Å². The Hall–Kier alpha value is -0.610. The Balaban J connectivity index is 2.45. The maximum Gasteiger partial charge on any atom is 0.141 e. The molecule has 16 heavy (non-hydrogen) atoms. The molecule has 88 valence electrons. The number of methoxy groups -OCH3 is 1. The van der Waals surface area contributed by atoms with E-state index in [0.717, 1.165) is 31.2 Å². The van der Waals surface area contributed by atoms with Crippen molar-refractivity contribution in [3.63, 3.8) is 0 Å².